The molecule has 16 heteroatoms. The molecule has 0 spiro atoms. The smallest absolute Gasteiger partial charge is 0.245 e. The van der Waals surface area contributed by atoms with E-state index in [4.69, 9.17) is 9.97 Å². The Hall–Kier alpha value is -6.00. The van der Waals surface area contributed by atoms with E-state index >= 15 is 0 Å². The lowest BCUT2D eigenvalue weighted by Crippen LogP contribution is -2.04. The van der Waals surface area contributed by atoms with Crippen molar-refractivity contribution in [1.82, 2.24) is 40.3 Å². The lowest BCUT2D eigenvalue weighted by atomic mass is 10.1. The molecule has 0 radical (unpaired) electrons. The van der Waals surface area contributed by atoms with Crippen LogP contribution in [-0.2, 0) is 12.4 Å². The van der Waals surface area contributed by atoms with Crippen molar-refractivity contribution >= 4 is 33.7 Å². The molecule has 0 unspecified atom stereocenters. The minimum Gasteiger partial charge on any atom is -0.245 e. The molecule has 2 aromatic carbocycles. The first-order chi connectivity index (χ1) is 25.0. The lowest BCUT2D eigenvalue weighted by Gasteiger charge is -2.08. The number of nitrogens with zero attached hydrogens (tertiary/aromatic N) is 8. The average molecular weight is 741 g/mol. The number of pyridine rings is 4. The van der Waals surface area contributed by atoms with Crippen molar-refractivity contribution in [3.8, 4) is 65.3 Å². The van der Waals surface area contributed by atoms with E-state index in [1.807, 2.05) is 12.1 Å². The number of benzene rings is 2. The highest BCUT2D eigenvalue weighted by atomic mass is 32.1. The number of alkyl halides is 6. The van der Waals surface area contributed by atoms with Crippen molar-refractivity contribution in [3.63, 3.8) is 0 Å². The van der Waals surface area contributed by atoms with Crippen LogP contribution in [0.3, 0.4) is 0 Å². The van der Waals surface area contributed by atoms with Gasteiger partial charge in [-0.3, -0.25) is 0 Å². The summed E-state index contributed by atoms with van der Waals surface area (Å²) in [5.74, 6) is 0. The first-order valence-electron chi connectivity index (χ1n) is 15.2. The normalized spacial score (nSPS) is 12.0. The molecule has 8 rings (SSSR count). The Balaban J connectivity index is 1.05. The van der Waals surface area contributed by atoms with Crippen LogP contribution in [0.1, 0.15) is 11.1 Å². The van der Waals surface area contributed by atoms with Gasteiger partial charge in [-0.25, -0.2) is 19.9 Å². The van der Waals surface area contributed by atoms with E-state index in [9.17, 15) is 26.3 Å². The van der Waals surface area contributed by atoms with Gasteiger partial charge in [-0.2, -0.15) is 26.3 Å². The van der Waals surface area contributed by atoms with Crippen LogP contribution >= 0.6 is 22.7 Å². The van der Waals surface area contributed by atoms with Crippen LogP contribution in [0.2, 0.25) is 0 Å². The van der Waals surface area contributed by atoms with Gasteiger partial charge >= 0.3 is 12.4 Å². The summed E-state index contributed by atoms with van der Waals surface area (Å²) in [4.78, 5) is 18.5. The topological polar surface area (TPSA) is 103 Å². The zero-order valence-electron chi connectivity index (χ0n) is 26.1. The highest BCUT2D eigenvalue weighted by Gasteiger charge is 2.31. The highest BCUT2D eigenvalue weighted by Crippen LogP contribution is 2.36. The largest absolute Gasteiger partial charge is 0.416 e. The number of hydrogen-bond acceptors (Lipinski definition) is 10. The fourth-order valence-electron chi connectivity index (χ4n) is 5.24. The maximum absolute atomic E-state index is 13.3. The van der Waals surface area contributed by atoms with Gasteiger partial charge in [0.05, 0.1) is 22.5 Å². The van der Waals surface area contributed by atoms with Gasteiger partial charge in [-0.1, -0.05) is 59.1 Å². The summed E-state index contributed by atoms with van der Waals surface area (Å²) >= 11 is 2.45. The standard InChI is InChI=1S/C36H18F6N8S2/c37-35(38,39)22-7-1-5-20(17-22)24-9-3-11-26(43-24)31-47-49-33(51-31)28-15-13-19-14-16-29(46-30(19)45-28)34-50-48-32(52-34)27-12-4-10-25(44-27)21-6-2-8-23(18-21)36(40,41)42/h1-18H. The van der Waals surface area contributed by atoms with Crippen LogP contribution in [0, 0.1) is 0 Å². The Kier molecular flexibility index (Phi) is 8.26. The fraction of sp³-hybridized carbons (Fsp3) is 0.0556. The van der Waals surface area contributed by atoms with Crippen molar-refractivity contribution < 1.29 is 26.3 Å². The number of halogens is 6. The Bertz CT molecular complexity index is 2430. The summed E-state index contributed by atoms with van der Waals surface area (Å²) in [5.41, 5.74) is 2.15. The molecule has 256 valence electrons. The van der Waals surface area contributed by atoms with E-state index < -0.39 is 23.5 Å². The Morgan fingerprint density at radius 3 is 1.15 bits per heavy atom. The molecule has 52 heavy (non-hydrogen) atoms. The average Bonchev–Trinajstić information content (AvgIpc) is 3.86. The molecule has 0 aliphatic carbocycles. The van der Waals surface area contributed by atoms with Crippen molar-refractivity contribution in [3.05, 3.63) is 120 Å². The van der Waals surface area contributed by atoms with Gasteiger partial charge < -0.3 is 0 Å². The molecule has 8 aromatic rings. The van der Waals surface area contributed by atoms with Crippen molar-refractivity contribution in [2.75, 3.05) is 0 Å². The maximum Gasteiger partial charge on any atom is 0.416 e. The Morgan fingerprint density at radius 2 is 0.750 bits per heavy atom. The second-order valence-electron chi connectivity index (χ2n) is 11.2. The van der Waals surface area contributed by atoms with Gasteiger partial charge in [0, 0.05) is 16.5 Å². The third-order valence-electron chi connectivity index (χ3n) is 7.75. The first kappa shape index (κ1) is 33.2. The first-order valence-corrected chi connectivity index (χ1v) is 16.9. The van der Waals surface area contributed by atoms with Gasteiger partial charge in [0.15, 0.2) is 25.7 Å². The number of aromatic nitrogens is 8. The van der Waals surface area contributed by atoms with Gasteiger partial charge in [0.25, 0.3) is 0 Å². The predicted octanol–water partition coefficient (Wildman–Crippen LogP) is 10.2. The SMILES string of the molecule is FC(F)(F)c1cccc(-c2cccc(-c3nnc(-c4ccc5ccc(-c6nnc(-c7cccc(-c8cccc(C(F)(F)F)c8)n7)s6)nc5n4)s3)n2)c1. The zero-order valence-corrected chi connectivity index (χ0v) is 27.7. The molecule has 0 saturated carbocycles. The molecule has 0 atom stereocenters. The van der Waals surface area contributed by atoms with E-state index in [1.54, 1.807) is 60.7 Å². The van der Waals surface area contributed by atoms with E-state index in [1.165, 1.54) is 34.8 Å². The summed E-state index contributed by atoms with van der Waals surface area (Å²) in [5, 5.41) is 19.8. The quantitative estimate of drug-likeness (QED) is 0.155. The van der Waals surface area contributed by atoms with Crippen LogP contribution in [-0.4, -0.2) is 40.3 Å². The van der Waals surface area contributed by atoms with Gasteiger partial charge in [0.2, 0.25) is 0 Å². The molecule has 8 nitrogen and oxygen atoms in total. The second-order valence-corrected chi connectivity index (χ2v) is 13.2. The summed E-state index contributed by atoms with van der Waals surface area (Å²) in [6.07, 6.45) is -8.95. The number of hydrogen-bond donors (Lipinski definition) is 0. The lowest BCUT2D eigenvalue weighted by molar-refractivity contribution is -0.138. The molecule has 0 amide bonds. The van der Waals surface area contributed by atoms with Crippen LogP contribution in [0.15, 0.2) is 109 Å². The minimum atomic E-state index is -4.48. The van der Waals surface area contributed by atoms with Crippen LogP contribution in [0.25, 0.3) is 76.4 Å². The molecule has 0 aliphatic rings. The molecule has 6 aromatic heterocycles. The van der Waals surface area contributed by atoms with Gasteiger partial charge in [0.1, 0.15) is 22.8 Å². The molecule has 0 saturated heterocycles. The van der Waals surface area contributed by atoms with E-state index in [0.29, 0.717) is 71.0 Å². The van der Waals surface area contributed by atoms with Crippen LogP contribution in [0.5, 0.6) is 0 Å². The van der Waals surface area contributed by atoms with E-state index in [-0.39, 0.29) is 0 Å². The number of rotatable bonds is 6. The van der Waals surface area contributed by atoms with Crippen molar-refractivity contribution in [2.24, 2.45) is 0 Å². The molecular weight excluding hydrogens is 723 g/mol. The summed E-state index contributed by atoms with van der Waals surface area (Å²) < 4.78 is 79.7. The molecule has 0 fully saturated rings. The highest BCUT2D eigenvalue weighted by molar-refractivity contribution is 7.18. The van der Waals surface area contributed by atoms with Crippen LogP contribution in [0.4, 0.5) is 26.3 Å². The van der Waals surface area contributed by atoms with E-state index in [0.717, 1.165) is 29.7 Å². The summed E-state index contributed by atoms with van der Waals surface area (Å²) in [6, 6.07) is 27.3. The third kappa shape index (κ3) is 6.72. The third-order valence-corrected chi connectivity index (χ3v) is 9.68. The Morgan fingerprint density at radius 1 is 0.385 bits per heavy atom. The summed E-state index contributed by atoms with van der Waals surface area (Å²) in [7, 11) is 0. The van der Waals surface area contributed by atoms with Crippen molar-refractivity contribution in [2.45, 2.75) is 12.4 Å². The molecule has 0 aliphatic heterocycles. The molecule has 0 N–H and O–H groups in total. The monoisotopic (exact) mass is 740 g/mol. The second kappa shape index (κ2) is 13.0. The molecule has 6 heterocycles. The number of fused-ring (bicyclic) bond motifs is 1. The summed E-state index contributed by atoms with van der Waals surface area (Å²) in [6.45, 7) is 0. The Labute approximate surface area is 297 Å². The predicted molar refractivity (Wildman–Crippen MR) is 185 cm³/mol. The zero-order chi connectivity index (χ0) is 36.0. The van der Waals surface area contributed by atoms with Gasteiger partial charge in [-0.15, -0.1) is 20.4 Å². The van der Waals surface area contributed by atoms with E-state index in [2.05, 4.69) is 30.4 Å². The van der Waals surface area contributed by atoms with Crippen molar-refractivity contribution in [1.29, 1.82) is 0 Å². The van der Waals surface area contributed by atoms with Gasteiger partial charge in [-0.05, 0) is 72.8 Å². The molecular formula is C36H18F6N8S2. The minimum absolute atomic E-state index is 0.321. The fourth-order valence-corrected chi connectivity index (χ4v) is 6.80. The van der Waals surface area contributed by atoms with Crippen LogP contribution < -0.4 is 0 Å². The maximum atomic E-state index is 13.3. The molecule has 0 bridgehead atoms.